The van der Waals surface area contributed by atoms with E-state index < -0.39 is 5.97 Å². The Bertz CT molecular complexity index is 490. The van der Waals surface area contributed by atoms with Gasteiger partial charge in [-0.15, -0.1) is 0 Å². The van der Waals surface area contributed by atoms with E-state index in [-0.39, 0.29) is 0 Å². The molecule has 2 aromatic rings. The standard InChI is InChI=1S/C9H9N3O2/c1-12-5-8-6(11-12)3-4-7(10-8)9(13)14-2/h3-5H,1-2H3. The van der Waals surface area contributed by atoms with Crippen LogP contribution in [0.2, 0.25) is 0 Å². The second-order valence-corrected chi connectivity index (χ2v) is 2.90. The van der Waals surface area contributed by atoms with Gasteiger partial charge in [-0.2, -0.15) is 5.10 Å². The minimum Gasteiger partial charge on any atom is -0.464 e. The second-order valence-electron chi connectivity index (χ2n) is 2.90. The van der Waals surface area contributed by atoms with Gasteiger partial charge in [-0.05, 0) is 12.1 Å². The average Bonchev–Trinajstić information content (AvgIpc) is 2.55. The summed E-state index contributed by atoms with van der Waals surface area (Å²) in [6.07, 6.45) is 1.75. The van der Waals surface area contributed by atoms with Crippen LogP contribution in [0.1, 0.15) is 10.5 Å². The predicted molar refractivity (Wildman–Crippen MR) is 49.8 cm³/mol. The molecule has 0 spiro atoms. The molecule has 0 saturated carbocycles. The fraction of sp³-hybridized carbons (Fsp3) is 0.222. The van der Waals surface area contributed by atoms with Gasteiger partial charge in [0.2, 0.25) is 0 Å². The molecule has 72 valence electrons. The zero-order valence-corrected chi connectivity index (χ0v) is 7.89. The molecule has 0 aliphatic rings. The summed E-state index contributed by atoms with van der Waals surface area (Å²) in [4.78, 5) is 15.3. The van der Waals surface area contributed by atoms with Crippen molar-refractivity contribution in [2.24, 2.45) is 7.05 Å². The monoisotopic (exact) mass is 191 g/mol. The van der Waals surface area contributed by atoms with Gasteiger partial charge in [-0.25, -0.2) is 9.78 Å². The van der Waals surface area contributed by atoms with Gasteiger partial charge in [-0.3, -0.25) is 4.68 Å². The van der Waals surface area contributed by atoms with Crippen LogP contribution < -0.4 is 0 Å². The number of fused-ring (bicyclic) bond motifs is 1. The van der Waals surface area contributed by atoms with E-state index in [2.05, 4.69) is 14.8 Å². The number of carbonyl (C=O) groups is 1. The molecule has 0 N–H and O–H groups in total. The van der Waals surface area contributed by atoms with Crippen molar-refractivity contribution in [3.63, 3.8) is 0 Å². The molecule has 0 aliphatic heterocycles. The summed E-state index contributed by atoms with van der Waals surface area (Å²) >= 11 is 0. The highest BCUT2D eigenvalue weighted by Crippen LogP contribution is 2.10. The number of hydrogen-bond donors (Lipinski definition) is 0. The highest BCUT2D eigenvalue weighted by molar-refractivity contribution is 5.89. The van der Waals surface area contributed by atoms with E-state index in [9.17, 15) is 4.79 Å². The highest BCUT2D eigenvalue weighted by atomic mass is 16.5. The number of aromatic nitrogens is 3. The molecule has 2 heterocycles. The highest BCUT2D eigenvalue weighted by Gasteiger charge is 2.08. The lowest BCUT2D eigenvalue weighted by atomic mass is 10.3. The third kappa shape index (κ3) is 1.32. The summed E-state index contributed by atoms with van der Waals surface area (Å²) in [5.74, 6) is -0.434. The number of rotatable bonds is 1. The van der Waals surface area contributed by atoms with Gasteiger partial charge in [0.15, 0.2) is 0 Å². The number of aryl methyl sites for hydroxylation is 1. The van der Waals surface area contributed by atoms with Crippen LogP contribution >= 0.6 is 0 Å². The van der Waals surface area contributed by atoms with Crippen LogP contribution in [0, 0.1) is 0 Å². The largest absolute Gasteiger partial charge is 0.464 e. The fourth-order valence-corrected chi connectivity index (χ4v) is 1.24. The fourth-order valence-electron chi connectivity index (χ4n) is 1.24. The number of hydrogen-bond acceptors (Lipinski definition) is 4. The number of esters is 1. The Kier molecular flexibility index (Phi) is 1.92. The van der Waals surface area contributed by atoms with Crippen LogP contribution in [0.4, 0.5) is 0 Å². The topological polar surface area (TPSA) is 57.0 Å². The first-order valence-electron chi connectivity index (χ1n) is 4.09. The maximum absolute atomic E-state index is 11.2. The van der Waals surface area contributed by atoms with E-state index in [0.29, 0.717) is 11.2 Å². The van der Waals surface area contributed by atoms with Gasteiger partial charge < -0.3 is 4.74 Å². The number of methoxy groups -OCH3 is 1. The van der Waals surface area contributed by atoms with Crippen LogP contribution in [0.3, 0.4) is 0 Å². The Morgan fingerprint density at radius 3 is 2.93 bits per heavy atom. The Morgan fingerprint density at radius 1 is 1.43 bits per heavy atom. The summed E-state index contributed by atoms with van der Waals surface area (Å²) in [5.41, 5.74) is 1.75. The molecular formula is C9H9N3O2. The molecule has 0 bridgehead atoms. The first-order chi connectivity index (χ1) is 6.70. The van der Waals surface area contributed by atoms with E-state index in [1.54, 1.807) is 30.1 Å². The normalized spacial score (nSPS) is 10.4. The van der Waals surface area contributed by atoms with Crippen LogP contribution in [-0.4, -0.2) is 27.8 Å². The maximum atomic E-state index is 11.2. The molecule has 0 atom stereocenters. The van der Waals surface area contributed by atoms with Crippen LogP contribution in [0.15, 0.2) is 18.3 Å². The predicted octanol–water partition coefficient (Wildman–Crippen LogP) is 0.755. The van der Waals surface area contributed by atoms with Crippen LogP contribution in [-0.2, 0) is 11.8 Å². The van der Waals surface area contributed by atoms with Gasteiger partial charge in [0.1, 0.15) is 16.7 Å². The summed E-state index contributed by atoms with van der Waals surface area (Å²) in [6.45, 7) is 0. The third-order valence-electron chi connectivity index (χ3n) is 1.87. The van der Waals surface area contributed by atoms with E-state index in [1.807, 2.05) is 0 Å². The molecule has 0 fully saturated rings. The Labute approximate surface area is 80.3 Å². The molecular weight excluding hydrogens is 182 g/mol. The van der Waals surface area contributed by atoms with Crippen molar-refractivity contribution in [1.82, 2.24) is 14.8 Å². The van der Waals surface area contributed by atoms with Crippen molar-refractivity contribution in [2.45, 2.75) is 0 Å². The minimum absolute atomic E-state index is 0.299. The van der Waals surface area contributed by atoms with Crippen LogP contribution in [0.5, 0.6) is 0 Å². The zero-order valence-electron chi connectivity index (χ0n) is 7.89. The van der Waals surface area contributed by atoms with Crippen molar-refractivity contribution in [3.05, 3.63) is 24.0 Å². The number of carbonyl (C=O) groups excluding carboxylic acids is 1. The van der Waals surface area contributed by atoms with Crippen LogP contribution in [0.25, 0.3) is 11.0 Å². The van der Waals surface area contributed by atoms with Crippen molar-refractivity contribution in [2.75, 3.05) is 7.11 Å². The molecule has 0 amide bonds. The maximum Gasteiger partial charge on any atom is 0.356 e. The summed E-state index contributed by atoms with van der Waals surface area (Å²) in [7, 11) is 3.14. The lowest BCUT2D eigenvalue weighted by Gasteiger charge is -1.96. The molecule has 5 heteroatoms. The van der Waals surface area contributed by atoms with E-state index in [1.165, 1.54) is 7.11 Å². The quantitative estimate of drug-likeness (QED) is 0.624. The second kappa shape index (κ2) is 3.10. The van der Waals surface area contributed by atoms with Crippen molar-refractivity contribution < 1.29 is 9.53 Å². The molecule has 0 unspecified atom stereocenters. The smallest absolute Gasteiger partial charge is 0.356 e. The number of pyridine rings is 1. The molecule has 14 heavy (non-hydrogen) atoms. The summed E-state index contributed by atoms with van der Waals surface area (Å²) in [5, 5.41) is 4.14. The Balaban J connectivity index is 2.55. The van der Waals surface area contributed by atoms with Crippen molar-refractivity contribution >= 4 is 17.0 Å². The minimum atomic E-state index is -0.434. The molecule has 0 radical (unpaired) electrons. The van der Waals surface area contributed by atoms with Gasteiger partial charge in [0.25, 0.3) is 0 Å². The Morgan fingerprint density at radius 2 is 2.21 bits per heavy atom. The molecule has 0 aliphatic carbocycles. The lowest BCUT2D eigenvalue weighted by Crippen LogP contribution is -2.03. The zero-order chi connectivity index (χ0) is 10.1. The molecule has 2 aromatic heterocycles. The van der Waals surface area contributed by atoms with Crippen molar-refractivity contribution in [3.8, 4) is 0 Å². The van der Waals surface area contributed by atoms with Gasteiger partial charge >= 0.3 is 5.97 Å². The van der Waals surface area contributed by atoms with Gasteiger partial charge in [0, 0.05) is 7.05 Å². The summed E-state index contributed by atoms with van der Waals surface area (Å²) in [6, 6.07) is 3.34. The molecule has 0 saturated heterocycles. The first-order valence-corrected chi connectivity index (χ1v) is 4.09. The average molecular weight is 191 g/mol. The van der Waals surface area contributed by atoms with E-state index in [0.717, 1.165) is 5.52 Å². The van der Waals surface area contributed by atoms with E-state index >= 15 is 0 Å². The third-order valence-corrected chi connectivity index (χ3v) is 1.87. The summed E-state index contributed by atoms with van der Waals surface area (Å²) < 4.78 is 6.21. The van der Waals surface area contributed by atoms with E-state index in [4.69, 9.17) is 0 Å². The van der Waals surface area contributed by atoms with Gasteiger partial charge in [-0.1, -0.05) is 0 Å². The Hall–Kier alpha value is -1.91. The van der Waals surface area contributed by atoms with Crippen molar-refractivity contribution in [1.29, 1.82) is 0 Å². The number of nitrogens with zero attached hydrogens (tertiary/aromatic N) is 3. The lowest BCUT2D eigenvalue weighted by molar-refractivity contribution is 0.0594. The molecule has 5 nitrogen and oxygen atoms in total. The number of ether oxygens (including phenoxy) is 1. The SMILES string of the molecule is COC(=O)c1ccc2nn(C)cc2n1. The molecule has 2 rings (SSSR count). The molecule has 0 aromatic carbocycles. The van der Waals surface area contributed by atoms with Gasteiger partial charge in [0.05, 0.1) is 13.3 Å². The first kappa shape index (κ1) is 8.68.